The molecule has 0 aliphatic heterocycles. The van der Waals surface area contributed by atoms with E-state index in [9.17, 15) is 13.2 Å². The van der Waals surface area contributed by atoms with Crippen LogP contribution in [0.15, 0.2) is 28.9 Å². The zero-order valence-electron chi connectivity index (χ0n) is 12.3. The van der Waals surface area contributed by atoms with Gasteiger partial charge in [-0.15, -0.1) is 13.2 Å². The Morgan fingerprint density at radius 1 is 1.26 bits per heavy atom. The molecule has 0 aliphatic carbocycles. The van der Waals surface area contributed by atoms with E-state index >= 15 is 0 Å². The van der Waals surface area contributed by atoms with Gasteiger partial charge in [0, 0.05) is 27.8 Å². The molecular weight excluding hydrogens is 377 g/mol. The van der Waals surface area contributed by atoms with E-state index in [1.54, 1.807) is 6.07 Å². The first-order valence-corrected chi connectivity index (χ1v) is 7.39. The molecule has 0 saturated heterocycles. The monoisotopic (exact) mass is 390 g/mol. The number of ether oxygens (including phenoxy) is 1. The molecule has 0 radical (unpaired) electrons. The van der Waals surface area contributed by atoms with E-state index in [1.165, 1.54) is 18.3 Å². The zero-order chi connectivity index (χ0) is 17.2. The molecule has 0 spiro atoms. The quantitative estimate of drug-likeness (QED) is 0.817. The minimum atomic E-state index is -4.81. The van der Waals surface area contributed by atoms with Gasteiger partial charge in [0.1, 0.15) is 11.6 Å². The smallest absolute Gasteiger partial charge is 0.405 e. The summed E-state index contributed by atoms with van der Waals surface area (Å²) in [6.45, 7) is 3.74. The van der Waals surface area contributed by atoms with Crippen molar-refractivity contribution < 1.29 is 17.9 Å². The van der Waals surface area contributed by atoms with Gasteiger partial charge >= 0.3 is 6.36 Å². The lowest BCUT2D eigenvalue weighted by Gasteiger charge is -2.17. The highest BCUT2D eigenvalue weighted by molar-refractivity contribution is 9.10. The molecule has 23 heavy (non-hydrogen) atoms. The number of hydrogen-bond donors (Lipinski definition) is 2. The van der Waals surface area contributed by atoms with Crippen LogP contribution in [0.25, 0.3) is 11.1 Å². The van der Waals surface area contributed by atoms with E-state index in [4.69, 9.17) is 5.73 Å². The highest BCUT2D eigenvalue weighted by Gasteiger charge is 2.32. The van der Waals surface area contributed by atoms with Crippen molar-refractivity contribution in [2.45, 2.75) is 26.3 Å². The van der Waals surface area contributed by atoms with Gasteiger partial charge in [0.15, 0.2) is 0 Å². The van der Waals surface area contributed by atoms with Gasteiger partial charge in [0.25, 0.3) is 0 Å². The average molecular weight is 391 g/mol. The summed E-state index contributed by atoms with van der Waals surface area (Å²) in [5, 5.41) is 3.04. The molecule has 0 unspecified atom stereocenters. The fraction of sp³-hybridized carbons (Fsp3) is 0.286. The van der Waals surface area contributed by atoms with Gasteiger partial charge < -0.3 is 15.8 Å². The lowest BCUT2D eigenvalue weighted by molar-refractivity contribution is -0.274. The predicted octanol–water partition coefficient (Wildman–Crippen LogP) is 4.21. The van der Waals surface area contributed by atoms with Gasteiger partial charge in [-0.05, 0) is 32.0 Å². The van der Waals surface area contributed by atoms with E-state index < -0.39 is 6.36 Å². The molecule has 9 heteroatoms. The minimum absolute atomic E-state index is 0.00508. The van der Waals surface area contributed by atoms with Gasteiger partial charge in [-0.25, -0.2) is 4.98 Å². The molecule has 2 rings (SSSR count). The summed E-state index contributed by atoms with van der Waals surface area (Å²) in [6, 6.07) is 4.34. The molecule has 124 valence electrons. The van der Waals surface area contributed by atoms with E-state index in [1.807, 2.05) is 13.8 Å². The topological polar surface area (TPSA) is 73.1 Å². The van der Waals surface area contributed by atoms with Crippen LogP contribution >= 0.6 is 15.9 Å². The zero-order valence-corrected chi connectivity index (χ0v) is 13.9. The van der Waals surface area contributed by atoms with E-state index in [0.717, 1.165) is 0 Å². The molecule has 0 aliphatic rings. The number of nitrogens with two attached hydrogens (primary N) is 1. The lowest BCUT2D eigenvalue weighted by Crippen LogP contribution is -2.18. The van der Waals surface area contributed by atoms with Crippen LogP contribution in [0.4, 0.5) is 24.9 Å². The Morgan fingerprint density at radius 3 is 2.57 bits per heavy atom. The predicted molar refractivity (Wildman–Crippen MR) is 85.0 cm³/mol. The number of hydrogen-bond acceptors (Lipinski definition) is 5. The van der Waals surface area contributed by atoms with Crippen LogP contribution in [0.3, 0.4) is 0 Å². The number of nitrogen functional groups attached to an aromatic ring is 1. The van der Waals surface area contributed by atoms with Crippen molar-refractivity contribution in [3.63, 3.8) is 0 Å². The van der Waals surface area contributed by atoms with Gasteiger partial charge in [-0.2, -0.15) is 4.98 Å². The second-order valence-corrected chi connectivity index (χ2v) is 5.89. The van der Waals surface area contributed by atoms with E-state index in [-0.39, 0.29) is 23.3 Å². The van der Waals surface area contributed by atoms with Crippen LogP contribution in [0.2, 0.25) is 0 Å². The molecule has 0 amide bonds. The van der Waals surface area contributed by atoms with Crippen LogP contribution in [0.5, 0.6) is 5.75 Å². The van der Waals surface area contributed by atoms with Crippen LogP contribution in [-0.4, -0.2) is 22.4 Å². The summed E-state index contributed by atoms with van der Waals surface area (Å²) in [7, 11) is 0. The molecule has 5 nitrogen and oxygen atoms in total. The fourth-order valence-corrected chi connectivity index (χ4v) is 2.24. The lowest BCUT2D eigenvalue weighted by atomic mass is 10.1. The third-order valence-electron chi connectivity index (χ3n) is 2.69. The second kappa shape index (κ2) is 6.61. The Hall–Kier alpha value is -2.03. The standard InChI is InChI=1S/C14H14BrF3N4O/c1-7(2)21-12-10(6-20-13(19)22-12)9-4-3-8(15)5-11(9)23-14(16,17)18/h3-7H,1-2H3,(H3,19,20,21,22). The first kappa shape index (κ1) is 17.3. The van der Waals surface area contributed by atoms with Gasteiger partial charge in [0.05, 0.1) is 0 Å². The van der Waals surface area contributed by atoms with Crippen LogP contribution in [-0.2, 0) is 0 Å². The Kier molecular flexibility index (Phi) is 4.98. The van der Waals surface area contributed by atoms with Crippen LogP contribution in [0, 0.1) is 0 Å². The van der Waals surface area contributed by atoms with E-state index in [2.05, 4.69) is 36.0 Å². The van der Waals surface area contributed by atoms with Crippen molar-refractivity contribution in [1.29, 1.82) is 0 Å². The molecule has 0 saturated carbocycles. The fourth-order valence-electron chi connectivity index (χ4n) is 1.90. The SMILES string of the molecule is CC(C)Nc1nc(N)ncc1-c1ccc(Br)cc1OC(F)(F)F. The number of nitrogens with zero attached hydrogens (tertiary/aromatic N) is 2. The van der Waals surface area contributed by atoms with Crippen molar-refractivity contribution in [2.75, 3.05) is 11.1 Å². The maximum Gasteiger partial charge on any atom is 0.573 e. The molecule has 1 aromatic carbocycles. The molecule has 1 aromatic heterocycles. The summed E-state index contributed by atoms with van der Waals surface area (Å²) in [4.78, 5) is 7.92. The van der Waals surface area contributed by atoms with Gasteiger partial charge in [-0.1, -0.05) is 15.9 Å². The molecule has 0 atom stereocenters. The maximum atomic E-state index is 12.6. The molecule has 0 fully saturated rings. The normalized spacial score (nSPS) is 11.6. The number of anilines is 2. The molecular formula is C14H14BrF3N4O. The average Bonchev–Trinajstić information content (AvgIpc) is 2.37. The number of nitrogens with one attached hydrogen (secondary N) is 1. The van der Waals surface area contributed by atoms with Crippen molar-refractivity contribution in [1.82, 2.24) is 9.97 Å². The third-order valence-corrected chi connectivity index (χ3v) is 3.19. The minimum Gasteiger partial charge on any atom is -0.405 e. The second-order valence-electron chi connectivity index (χ2n) is 4.98. The molecule has 1 heterocycles. The summed E-state index contributed by atoms with van der Waals surface area (Å²) in [6.07, 6.45) is -3.45. The molecule has 2 aromatic rings. The van der Waals surface area contributed by atoms with Crippen molar-refractivity contribution >= 4 is 27.7 Å². The first-order chi connectivity index (χ1) is 10.7. The number of halogens is 4. The first-order valence-electron chi connectivity index (χ1n) is 6.60. The third kappa shape index (κ3) is 4.72. The molecule has 0 bridgehead atoms. The number of aromatic nitrogens is 2. The van der Waals surface area contributed by atoms with Crippen LogP contribution < -0.4 is 15.8 Å². The number of alkyl halides is 3. The van der Waals surface area contributed by atoms with Gasteiger partial charge in [-0.3, -0.25) is 0 Å². The summed E-state index contributed by atoms with van der Waals surface area (Å²) in [5.74, 6) is 0.00111. The summed E-state index contributed by atoms with van der Waals surface area (Å²) >= 11 is 3.13. The summed E-state index contributed by atoms with van der Waals surface area (Å²) in [5.41, 5.74) is 6.13. The largest absolute Gasteiger partial charge is 0.573 e. The van der Waals surface area contributed by atoms with Crippen molar-refractivity contribution in [3.8, 4) is 16.9 Å². The van der Waals surface area contributed by atoms with Crippen molar-refractivity contribution in [2.24, 2.45) is 0 Å². The Balaban J connectivity index is 2.57. The Labute approximate surface area is 139 Å². The number of benzene rings is 1. The molecule has 3 N–H and O–H groups in total. The number of rotatable bonds is 4. The highest BCUT2D eigenvalue weighted by atomic mass is 79.9. The van der Waals surface area contributed by atoms with Gasteiger partial charge in [0.2, 0.25) is 5.95 Å². The maximum absolute atomic E-state index is 12.6. The van der Waals surface area contributed by atoms with Crippen LogP contribution in [0.1, 0.15) is 13.8 Å². The Bertz CT molecular complexity index is 707. The Morgan fingerprint density at radius 2 is 1.96 bits per heavy atom. The highest BCUT2D eigenvalue weighted by Crippen LogP contribution is 2.38. The summed E-state index contributed by atoms with van der Waals surface area (Å²) < 4.78 is 42.5. The van der Waals surface area contributed by atoms with Crippen molar-refractivity contribution in [3.05, 3.63) is 28.9 Å². The van der Waals surface area contributed by atoms with E-state index in [0.29, 0.717) is 15.9 Å².